The van der Waals surface area contributed by atoms with E-state index in [1.165, 1.54) is 5.57 Å². The Morgan fingerprint density at radius 3 is 2.69 bits per heavy atom. The van der Waals surface area contributed by atoms with Crippen molar-refractivity contribution in [2.45, 2.75) is 77.9 Å². The first-order chi connectivity index (χ1) is 13.7. The minimum absolute atomic E-state index is 0.107. The fraction of sp³-hybridized carbons (Fsp3) is 0.750. The molecule has 1 aliphatic heterocycles. The van der Waals surface area contributed by atoms with Crippen molar-refractivity contribution < 1.29 is 24.5 Å². The lowest BCUT2D eigenvalue weighted by Crippen LogP contribution is -2.37. The van der Waals surface area contributed by atoms with Gasteiger partial charge >= 0.3 is 11.9 Å². The molecule has 1 heterocycles. The standard InChI is InChI=1S/C24H36O5/c1-14-10-17-6-4-15(2)21(9-8-20-12-19(25)13-22(26)29-20)23(17)18(11-14)7-5-16(3)24(27)28/h4,6,10,14-16,18-21,23,25H,5,7-9,11-13H2,1-3H3,(H,27,28). The molecule has 0 spiro atoms. The number of carbonyl (C=O) groups is 2. The molecule has 0 aromatic carbocycles. The lowest BCUT2D eigenvalue weighted by Gasteiger charge is -2.44. The number of hydrogen-bond donors (Lipinski definition) is 2. The maximum Gasteiger partial charge on any atom is 0.308 e. The number of aliphatic hydroxyl groups is 1. The third-order valence-electron chi connectivity index (χ3n) is 7.22. The van der Waals surface area contributed by atoms with Gasteiger partial charge in [-0.1, -0.05) is 39.0 Å². The molecular formula is C24H36O5. The topological polar surface area (TPSA) is 83.8 Å². The molecule has 0 saturated carbocycles. The van der Waals surface area contributed by atoms with Gasteiger partial charge in [-0.3, -0.25) is 9.59 Å². The molecule has 0 amide bonds. The molecule has 3 rings (SSSR count). The van der Waals surface area contributed by atoms with Crippen LogP contribution in [-0.4, -0.2) is 34.4 Å². The molecule has 0 bridgehead atoms. The number of aliphatic carboxylic acids is 1. The highest BCUT2D eigenvalue weighted by Gasteiger charge is 2.40. The summed E-state index contributed by atoms with van der Waals surface area (Å²) in [6, 6.07) is 0. The van der Waals surface area contributed by atoms with Crippen LogP contribution in [-0.2, 0) is 14.3 Å². The normalized spacial score (nSPS) is 38.0. The first-order valence-electron chi connectivity index (χ1n) is 11.2. The van der Waals surface area contributed by atoms with Crippen molar-refractivity contribution in [1.82, 2.24) is 0 Å². The van der Waals surface area contributed by atoms with E-state index >= 15 is 0 Å². The average Bonchev–Trinajstić information content (AvgIpc) is 2.64. The van der Waals surface area contributed by atoms with Crippen LogP contribution in [0, 0.1) is 35.5 Å². The molecule has 2 N–H and O–H groups in total. The van der Waals surface area contributed by atoms with Crippen molar-refractivity contribution >= 4 is 11.9 Å². The number of rotatable bonds is 7. The van der Waals surface area contributed by atoms with Gasteiger partial charge in [-0.2, -0.15) is 0 Å². The number of carboxylic acids is 1. The van der Waals surface area contributed by atoms with Gasteiger partial charge in [0.2, 0.25) is 0 Å². The Morgan fingerprint density at radius 2 is 2.00 bits per heavy atom. The molecule has 29 heavy (non-hydrogen) atoms. The molecule has 0 aromatic heterocycles. The highest BCUT2D eigenvalue weighted by molar-refractivity contribution is 5.71. The van der Waals surface area contributed by atoms with Gasteiger partial charge in [0, 0.05) is 6.42 Å². The monoisotopic (exact) mass is 404 g/mol. The van der Waals surface area contributed by atoms with E-state index in [-0.39, 0.29) is 24.4 Å². The maximum absolute atomic E-state index is 11.7. The fourth-order valence-corrected chi connectivity index (χ4v) is 5.64. The van der Waals surface area contributed by atoms with Gasteiger partial charge < -0.3 is 14.9 Å². The van der Waals surface area contributed by atoms with Gasteiger partial charge in [-0.15, -0.1) is 0 Å². The summed E-state index contributed by atoms with van der Waals surface area (Å²) in [5, 5.41) is 19.2. The summed E-state index contributed by atoms with van der Waals surface area (Å²) in [5.41, 5.74) is 1.40. The molecule has 1 saturated heterocycles. The quantitative estimate of drug-likeness (QED) is 0.616. The van der Waals surface area contributed by atoms with Crippen molar-refractivity contribution in [3.63, 3.8) is 0 Å². The van der Waals surface area contributed by atoms with Crippen LogP contribution in [0.3, 0.4) is 0 Å². The largest absolute Gasteiger partial charge is 0.481 e. The van der Waals surface area contributed by atoms with Crippen LogP contribution in [0.4, 0.5) is 0 Å². The lowest BCUT2D eigenvalue weighted by atomic mass is 9.61. The smallest absolute Gasteiger partial charge is 0.308 e. The van der Waals surface area contributed by atoms with Gasteiger partial charge in [0.1, 0.15) is 6.10 Å². The minimum Gasteiger partial charge on any atom is -0.481 e. The van der Waals surface area contributed by atoms with Gasteiger partial charge in [0.15, 0.2) is 0 Å². The number of fused-ring (bicyclic) bond motifs is 1. The first-order valence-corrected chi connectivity index (χ1v) is 11.2. The molecule has 162 valence electrons. The second-order valence-corrected chi connectivity index (χ2v) is 9.65. The highest BCUT2D eigenvalue weighted by atomic mass is 16.5. The van der Waals surface area contributed by atoms with Gasteiger partial charge in [-0.05, 0) is 67.3 Å². The van der Waals surface area contributed by atoms with Crippen LogP contribution in [0.5, 0.6) is 0 Å². The van der Waals surface area contributed by atoms with E-state index in [4.69, 9.17) is 4.74 Å². The molecule has 0 aromatic rings. The third kappa shape index (κ3) is 5.50. The zero-order chi connectivity index (χ0) is 21.1. The summed E-state index contributed by atoms with van der Waals surface area (Å²) < 4.78 is 5.47. The average molecular weight is 405 g/mol. The van der Waals surface area contributed by atoms with E-state index in [0.717, 1.165) is 25.7 Å². The molecule has 5 nitrogen and oxygen atoms in total. The fourth-order valence-electron chi connectivity index (χ4n) is 5.64. The van der Waals surface area contributed by atoms with Crippen LogP contribution in [0.2, 0.25) is 0 Å². The number of ether oxygens (including phenoxy) is 1. The zero-order valence-corrected chi connectivity index (χ0v) is 17.9. The van der Waals surface area contributed by atoms with E-state index in [1.807, 2.05) is 0 Å². The van der Waals surface area contributed by atoms with E-state index in [2.05, 4.69) is 32.1 Å². The number of cyclic esters (lactones) is 1. The van der Waals surface area contributed by atoms with Crippen molar-refractivity contribution in [3.05, 3.63) is 23.8 Å². The Labute approximate surface area is 174 Å². The second-order valence-electron chi connectivity index (χ2n) is 9.65. The van der Waals surface area contributed by atoms with Crippen molar-refractivity contribution in [3.8, 4) is 0 Å². The molecule has 8 atom stereocenters. The van der Waals surface area contributed by atoms with E-state index < -0.39 is 12.1 Å². The number of hydrogen-bond acceptors (Lipinski definition) is 4. The molecule has 8 unspecified atom stereocenters. The van der Waals surface area contributed by atoms with Gasteiger partial charge in [-0.25, -0.2) is 0 Å². The minimum atomic E-state index is -0.712. The molecule has 0 radical (unpaired) electrons. The van der Waals surface area contributed by atoms with Gasteiger partial charge in [0.25, 0.3) is 0 Å². The molecule has 2 aliphatic carbocycles. The Bertz CT molecular complexity index is 666. The van der Waals surface area contributed by atoms with Crippen LogP contribution in [0.1, 0.15) is 65.7 Å². The predicted octanol–water partition coefficient (Wildman–Crippen LogP) is 4.35. The first kappa shape index (κ1) is 22.1. The van der Waals surface area contributed by atoms with E-state index in [9.17, 15) is 19.8 Å². The predicted molar refractivity (Wildman–Crippen MR) is 111 cm³/mol. The Hall–Kier alpha value is -1.62. The Morgan fingerprint density at radius 1 is 1.24 bits per heavy atom. The summed E-state index contributed by atoms with van der Waals surface area (Å²) in [6.07, 6.45) is 11.3. The molecular weight excluding hydrogens is 368 g/mol. The summed E-state index contributed by atoms with van der Waals surface area (Å²) in [7, 11) is 0. The summed E-state index contributed by atoms with van der Waals surface area (Å²) in [6.45, 7) is 6.31. The summed E-state index contributed by atoms with van der Waals surface area (Å²) >= 11 is 0. The Kier molecular flexibility index (Phi) is 7.20. The second kappa shape index (κ2) is 9.46. The number of allylic oxidation sites excluding steroid dienone is 4. The number of carboxylic acid groups (broad SMARTS) is 1. The lowest BCUT2D eigenvalue weighted by molar-refractivity contribution is -0.160. The summed E-state index contributed by atoms with van der Waals surface area (Å²) in [5.74, 6) is 1.03. The van der Waals surface area contributed by atoms with Crippen LogP contribution in [0.15, 0.2) is 23.8 Å². The van der Waals surface area contributed by atoms with Crippen molar-refractivity contribution in [2.24, 2.45) is 35.5 Å². The molecule has 3 aliphatic rings. The number of aliphatic hydroxyl groups excluding tert-OH is 1. The van der Waals surface area contributed by atoms with E-state index in [1.54, 1.807) is 6.92 Å². The van der Waals surface area contributed by atoms with Crippen LogP contribution in [0.25, 0.3) is 0 Å². The SMILES string of the molecule is CC1C=C2C=CC(C)C(CCC3CC(O)CC(=O)O3)C2C(CCC(C)C(=O)O)C1. The van der Waals surface area contributed by atoms with Gasteiger partial charge in [0.05, 0.1) is 18.4 Å². The zero-order valence-electron chi connectivity index (χ0n) is 17.9. The number of esters is 1. The maximum atomic E-state index is 11.7. The summed E-state index contributed by atoms with van der Waals surface area (Å²) in [4.78, 5) is 23.0. The number of carbonyl (C=O) groups excluding carboxylic acids is 1. The van der Waals surface area contributed by atoms with E-state index in [0.29, 0.717) is 42.4 Å². The van der Waals surface area contributed by atoms with Crippen LogP contribution >= 0.6 is 0 Å². The molecule has 5 heteroatoms. The van der Waals surface area contributed by atoms with Crippen LogP contribution < -0.4 is 0 Å². The Balaban J connectivity index is 1.71. The highest BCUT2D eigenvalue weighted by Crippen LogP contribution is 2.48. The van der Waals surface area contributed by atoms with Crippen molar-refractivity contribution in [2.75, 3.05) is 0 Å². The third-order valence-corrected chi connectivity index (χ3v) is 7.22. The molecule has 1 fully saturated rings. The van der Waals surface area contributed by atoms with Crippen molar-refractivity contribution in [1.29, 1.82) is 0 Å².